The molecular weight excluding hydrogens is 456 g/mol. The Morgan fingerprint density at radius 3 is 2.53 bits per heavy atom. The first-order valence-electron chi connectivity index (χ1n) is 12.4. The molecule has 2 fully saturated rings. The molecular formula is C27H30N6O3. The Kier molecular flexibility index (Phi) is 6.79. The predicted octanol–water partition coefficient (Wildman–Crippen LogP) is 4.08. The molecule has 0 atom stereocenters. The van der Waals surface area contributed by atoms with E-state index in [-0.39, 0.29) is 11.8 Å². The Morgan fingerprint density at radius 2 is 1.83 bits per heavy atom. The molecule has 36 heavy (non-hydrogen) atoms. The maximum Gasteiger partial charge on any atom is 0.230 e. The number of carbonyl (C=O) groups excluding carboxylic acids is 2. The van der Waals surface area contributed by atoms with E-state index in [0.29, 0.717) is 18.1 Å². The van der Waals surface area contributed by atoms with E-state index in [0.717, 1.165) is 73.2 Å². The normalized spacial score (nSPS) is 16.3. The van der Waals surface area contributed by atoms with Gasteiger partial charge in [-0.3, -0.25) is 14.3 Å². The smallest absolute Gasteiger partial charge is 0.230 e. The lowest BCUT2D eigenvalue weighted by molar-refractivity contribution is -0.119. The van der Waals surface area contributed by atoms with Crippen LogP contribution in [0.25, 0.3) is 22.3 Å². The number of carbonyl (C=O) groups is 2. The average molecular weight is 487 g/mol. The van der Waals surface area contributed by atoms with Gasteiger partial charge in [-0.2, -0.15) is 10.1 Å². The lowest BCUT2D eigenvalue weighted by atomic mass is 9.97. The van der Waals surface area contributed by atoms with Crippen molar-refractivity contribution in [2.75, 3.05) is 24.5 Å². The van der Waals surface area contributed by atoms with Crippen LogP contribution < -0.4 is 4.90 Å². The van der Waals surface area contributed by atoms with Crippen LogP contribution in [0.2, 0.25) is 0 Å². The van der Waals surface area contributed by atoms with E-state index < -0.39 is 0 Å². The van der Waals surface area contributed by atoms with Crippen molar-refractivity contribution in [1.82, 2.24) is 24.8 Å². The summed E-state index contributed by atoms with van der Waals surface area (Å²) in [7, 11) is 1.93. The fraction of sp³-hybridized carbons (Fsp3) is 0.370. The molecule has 0 bridgehead atoms. The van der Waals surface area contributed by atoms with Gasteiger partial charge in [-0.1, -0.05) is 35.5 Å². The number of aromatic nitrogens is 4. The Balaban J connectivity index is 0.000000186. The molecule has 0 spiro atoms. The summed E-state index contributed by atoms with van der Waals surface area (Å²) in [5.41, 5.74) is 4.01. The van der Waals surface area contributed by atoms with Gasteiger partial charge in [-0.05, 0) is 44.4 Å². The Morgan fingerprint density at radius 1 is 1.06 bits per heavy atom. The van der Waals surface area contributed by atoms with Crippen LogP contribution in [0.3, 0.4) is 0 Å². The highest BCUT2D eigenvalue weighted by molar-refractivity contribution is 5.95. The number of fused-ring (bicyclic) bond motifs is 1. The van der Waals surface area contributed by atoms with Crippen molar-refractivity contribution in [3.63, 3.8) is 0 Å². The van der Waals surface area contributed by atoms with E-state index in [1.165, 1.54) is 0 Å². The van der Waals surface area contributed by atoms with Crippen molar-refractivity contribution in [3.05, 3.63) is 60.1 Å². The summed E-state index contributed by atoms with van der Waals surface area (Å²) in [6, 6.07) is 15.9. The van der Waals surface area contributed by atoms with E-state index in [4.69, 9.17) is 4.52 Å². The van der Waals surface area contributed by atoms with Crippen LogP contribution in [0.15, 0.2) is 53.1 Å². The molecule has 0 unspecified atom stereocenters. The van der Waals surface area contributed by atoms with Gasteiger partial charge < -0.3 is 14.3 Å². The van der Waals surface area contributed by atoms with Gasteiger partial charge in [0.2, 0.25) is 24.0 Å². The molecule has 4 aromatic rings. The summed E-state index contributed by atoms with van der Waals surface area (Å²) < 4.78 is 7.35. The van der Waals surface area contributed by atoms with Gasteiger partial charge in [0.15, 0.2) is 0 Å². The van der Waals surface area contributed by atoms with E-state index in [1.807, 2.05) is 72.1 Å². The minimum Gasteiger partial charge on any atom is -0.345 e. The minimum absolute atomic E-state index is 0.227. The van der Waals surface area contributed by atoms with Crippen molar-refractivity contribution < 1.29 is 14.1 Å². The molecule has 0 aliphatic carbocycles. The summed E-state index contributed by atoms with van der Waals surface area (Å²) in [6.07, 6.45) is 4.32. The van der Waals surface area contributed by atoms with E-state index in [2.05, 4.69) is 15.2 Å². The molecule has 4 heterocycles. The summed E-state index contributed by atoms with van der Waals surface area (Å²) >= 11 is 0. The number of anilines is 1. The molecule has 2 aliphatic rings. The van der Waals surface area contributed by atoms with E-state index in [1.54, 1.807) is 4.90 Å². The quantitative estimate of drug-likeness (QED) is 0.403. The third kappa shape index (κ3) is 4.86. The van der Waals surface area contributed by atoms with Crippen molar-refractivity contribution in [2.24, 2.45) is 7.05 Å². The third-order valence-corrected chi connectivity index (χ3v) is 6.91. The van der Waals surface area contributed by atoms with Crippen LogP contribution >= 0.6 is 0 Å². The minimum atomic E-state index is 0.227. The summed E-state index contributed by atoms with van der Waals surface area (Å²) in [5, 5.41) is 9.71. The van der Waals surface area contributed by atoms with Crippen LogP contribution in [0, 0.1) is 6.92 Å². The summed E-state index contributed by atoms with van der Waals surface area (Å²) in [4.78, 5) is 30.3. The molecule has 2 aromatic heterocycles. The van der Waals surface area contributed by atoms with E-state index in [9.17, 15) is 9.59 Å². The van der Waals surface area contributed by atoms with Crippen molar-refractivity contribution in [3.8, 4) is 11.4 Å². The highest BCUT2D eigenvalue weighted by Crippen LogP contribution is 2.29. The first kappa shape index (κ1) is 23.7. The third-order valence-electron chi connectivity index (χ3n) is 6.91. The van der Waals surface area contributed by atoms with Crippen molar-refractivity contribution >= 4 is 28.9 Å². The zero-order chi connectivity index (χ0) is 25.1. The van der Waals surface area contributed by atoms with Crippen LogP contribution in [-0.2, 0) is 16.6 Å². The largest absolute Gasteiger partial charge is 0.345 e. The lowest BCUT2D eigenvalue weighted by Gasteiger charge is -2.26. The first-order valence-corrected chi connectivity index (χ1v) is 12.4. The molecule has 2 aliphatic heterocycles. The fourth-order valence-corrected chi connectivity index (χ4v) is 4.88. The zero-order valence-corrected chi connectivity index (χ0v) is 20.6. The Labute approximate surface area is 209 Å². The number of hydrogen-bond donors (Lipinski definition) is 0. The fourth-order valence-electron chi connectivity index (χ4n) is 4.88. The molecule has 2 aromatic carbocycles. The van der Waals surface area contributed by atoms with Gasteiger partial charge in [0.1, 0.15) is 0 Å². The second-order valence-corrected chi connectivity index (χ2v) is 9.30. The van der Waals surface area contributed by atoms with E-state index >= 15 is 0 Å². The summed E-state index contributed by atoms with van der Waals surface area (Å²) in [5.74, 6) is 1.74. The molecule has 9 heteroatoms. The molecule has 186 valence electrons. The van der Waals surface area contributed by atoms with Crippen molar-refractivity contribution in [2.45, 2.75) is 38.5 Å². The number of amides is 2. The number of nitrogens with zero attached hydrogens (tertiary/aromatic N) is 6. The number of piperidine rings is 1. The average Bonchev–Trinajstić information content (AvgIpc) is 3.64. The van der Waals surface area contributed by atoms with Crippen LogP contribution in [0.5, 0.6) is 0 Å². The number of hydrogen-bond acceptors (Lipinski definition) is 6. The van der Waals surface area contributed by atoms with Crippen LogP contribution in [-0.4, -0.2) is 56.8 Å². The maximum absolute atomic E-state index is 11.3. The number of rotatable bonds is 4. The SMILES string of the molecule is Cc1nn(C)c2cc(-c3noc(C4CCN(C=O)CC4)n3)ccc12.O=C1CCCN1c1ccccc1. The lowest BCUT2D eigenvalue weighted by Crippen LogP contribution is -2.31. The number of likely N-dealkylation sites (tertiary alicyclic amines) is 1. The van der Waals surface area contributed by atoms with Gasteiger partial charge in [-0.25, -0.2) is 0 Å². The van der Waals surface area contributed by atoms with Gasteiger partial charge in [-0.15, -0.1) is 0 Å². The monoisotopic (exact) mass is 486 g/mol. The highest BCUT2D eigenvalue weighted by Gasteiger charge is 2.25. The molecule has 0 saturated carbocycles. The number of aryl methyl sites for hydroxylation is 2. The highest BCUT2D eigenvalue weighted by atomic mass is 16.5. The van der Waals surface area contributed by atoms with Gasteiger partial charge >= 0.3 is 0 Å². The number of para-hydroxylation sites is 1. The Bertz CT molecular complexity index is 1350. The Hall–Kier alpha value is -4.01. The van der Waals surface area contributed by atoms with Crippen LogP contribution in [0.4, 0.5) is 5.69 Å². The molecule has 0 radical (unpaired) electrons. The molecule has 0 N–H and O–H groups in total. The molecule has 2 saturated heterocycles. The second-order valence-electron chi connectivity index (χ2n) is 9.30. The van der Waals surface area contributed by atoms with Gasteiger partial charge in [0, 0.05) is 55.7 Å². The molecule has 6 rings (SSSR count). The second kappa shape index (κ2) is 10.3. The summed E-state index contributed by atoms with van der Waals surface area (Å²) in [6.45, 7) is 4.36. The first-order chi connectivity index (χ1) is 17.5. The molecule has 9 nitrogen and oxygen atoms in total. The van der Waals surface area contributed by atoms with Crippen LogP contribution in [0.1, 0.15) is 43.2 Å². The topological polar surface area (TPSA) is 97.4 Å². The maximum atomic E-state index is 11.3. The zero-order valence-electron chi connectivity index (χ0n) is 20.6. The van der Waals surface area contributed by atoms with Gasteiger partial charge in [0.25, 0.3) is 0 Å². The predicted molar refractivity (Wildman–Crippen MR) is 136 cm³/mol. The molecule has 2 amide bonds. The van der Waals surface area contributed by atoms with Crippen molar-refractivity contribution in [1.29, 1.82) is 0 Å². The standard InChI is InChI=1S/C17H19N5O2.C10H11NO/c1-11-14-4-3-13(9-15(14)21(2)19-11)16-18-17(24-20-16)12-5-7-22(10-23)8-6-12;12-10-7-4-8-11(10)9-5-2-1-3-6-9/h3-4,9-10,12H,5-8H2,1-2H3;1-3,5-6H,4,7-8H2. The number of benzene rings is 2. The van der Waals surface area contributed by atoms with Gasteiger partial charge in [0.05, 0.1) is 11.2 Å².